The molecule has 0 aliphatic carbocycles. The van der Waals surface area contributed by atoms with Crippen LogP contribution in [0.2, 0.25) is 0 Å². The summed E-state index contributed by atoms with van der Waals surface area (Å²) in [5.74, 6) is -2.40. The van der Waals surface area contributed by atoms with Gasteiger partial charge in [0.2, 0.25) is 11.7 Å². The lowest BCUT2D eigenvalue weighted by molar-refractivity contribution is 0.274. The Kier molecular flexibility index (Phi) is 3.24. The molecule has 1 heterocycles. The quantitative estimate of drug-likeness (QED) is 0.889. The van der Waals surface area contributed by atoms with Gasteiger partial charge in [0.15, 0.2) is 11.6 Å². The Hall–Kier alpha value is -2.08. The number of nitrogens with zero attached hydrogens (tertiary/aromatic N) is 2. The standard InChI is InChI=1S/C11H8F2N2O2/c12-8-2-1-3-9(11(8)13)17-10-5-14-4-7(6-16)15-10/h1-5,16H,6H2. The van der Waals surface area contributed by atoms with Crippen LogP contribution in [0.15, 0.2) is 30.6 Å². The van der Waals surface area contributed by atoms with E-state index in [2.05, 4.69) is 9.97 Å². The predicted molar refractivity (Wildman–Crippen MR) is 54.4 cm³/mol. The number of rotatable bonds is 3. The molecule has 0 radical (unpaired) electrons. The molecule has 17 heavy (non-hydrogen) atoms. The highest BCUT2D eigenvalue weighted by molar-refractivity contribution is 5.28. The van der Waals surface area contributed by atoms with Crippen LogP contribution >= 0.6 is 0 Å². The highest BCUT2D eigenvalue weighted by Gasteiger charge is 2.10. The average Bonchev–Trinajstić information content (AvgIpc) is 2.35. The SMILES string of the molecule is OCc1cncc(Oc2cccc(F)c2F)n1. The monoisotopic (exact) mass is 238 g/mol. The second kappa shape index (κ2) is 4.84. The fourth-order valence-electron chi connectivity index (χ4n) is 1.19. The first kappa shape index (κ1) is 11.4. The molecular formula is C11H8F2N2O2. The van der Waals surface area contributed by atoms with E-state index < -0.39 is 11.6 Å². The maximum Gasteiger partial charge on any atom is 0.238 e. The summed E-state index contributed by atoms with van der Waals surface area (Å²) in [6.07, 6.45) is 2.58. The molecule has 4 nitrogen and oxygen atoms in total. The molecule has 1 N–H and O–H groups in total. The second-order valence-corrected chi connectivity index (χ2v) is 3.16. The van der Waals surface area contributed by atoms with Gasteiger partial charge in [-0.15, -0.1) is 0 Å². The van der Waals surface area contributed by atoms with Gasteiger partial charge >= 0.3 is 0 Å². The van der Waals surface area contributed by atoms with Gasteiger partial charge in [-0.05, 0) is 12.1 Å². The van der Waals surface area contributed by atoms with E-state index in [1.807, 2.05) is 0 Å². The number of aliphatic hydroxyl groups is 1. The third kappa shape index (κ3) is 2.54. The van der Waals surface area contributed by atoms with E-state index in [1.165, 1.54) is 24.5 Å². The zero-order chi connectivity index (χ0) is 12.3. The number of hydrogen-bond acceptors (Lipinski definition) is 4. The van der Waals surface area contributed by atoms with E-state index in [-0.39, 0.29) is 23.9 Å². The summed E-state index contributed by atoms with van der Waals surface area (Å²) in [7, 11) is 0. The Morgan fingerprint density at radius 2 is 2.06 bits per heavy atom. The molecule has 2 aromatic rings. The van der Waals surface area contributed by atoms with Gasteiger partial charge in [-0.25, -0.2) is 9.37 Å². The molecule has 0 amide bonds. The average molecular weight is 238 g/mol. The highest BCUT2D eigenvalue weighted by atomic mass is 19.2. The van der Waals surface area contributed by atoms with E-state index in [0.29, 0.717) is 0 Å². The van der Waals surface area contributed by atoms with Gasteiger partial charge in [0.25, 0.3) is 0 Å². The minimum Gasteiger partial charge on any atom is -0.434 e. The summed E-state index contributed by atoms with van der Waals surface area (Å²) in [5, 5.41) is 8.83. The predicted octanol–water partition coefficient (Wildman–Crippen LogP) is 2.04. The van der Waals surface area contributed by atoms with Crippen molar-refractivity contribution in [2.75, 3.05) is 0 Å². The minimum atomic E-state index is -1.09. The van der Waals surface area contributed by atoms with Crippen molar-refractivity contribution in [2.24, 2.45) is 0 Å². The van der Waals surface area contributed by atoms with Gasteiger partial charge in [-0.1, -0.05) is 6.07 Å². The summed E-state index contributed by atoms with van der Waals surface area (Å²) in [6, 6.07) is 3.57. The lowest BCUT2D eigenvalue weighted by atomic mass is 10.3. The number of aliphatic hydroxyl groups excluding tert-OH is 1. The van der Waals surface area contributed by atoms with E-state index in [9.17, 15) is 8.78 Å². The zero-order valence-electron chi connectivity index (χ0n) is 8.60. The van der Waals surface area contributed by atoms with Crippen LogP contribution in [-0.4, -0.2) is 15.1 Å². The van der Waals surface area contributed by atoms with Gasteiger partial charge in [0.05, 0.1) is 24.7 Å². The number of aromatic nitrogens is 2. The van der Waals surface area contributed by atoms with Gasteiger partial charge in [0, 0.05) is 0 Å². The first-order valence-corrected chi connectivity index (χ1v) is 4.74. The van der Waals surface area contributed by atoms with Crippen LogP contribution in [0.4, 0.5) is 8.78 Å². The number of hydrogen-bond donors (Lipinski definition) is 1. The van der Waals surface area contributed by atoms with Crippen molar-refractivity contribution in [1.82, 2.24) is 9.97 Å². The van der Waals surface area contributed by atoms with Crippen molar-refractivity contribution in [2.45, 2.75) is 6.61 Å². The first-order chi connectivity index (χ1) is 8.20. The fourth-order valence-corrected chi connectivity index (χ4v) is 1.19. The summed E-state index contributed by atoms with van der Waals surface area (Å²) in [5.41, 5.74) is 0.277. The van der Waals surface area contributed by atoms with E-state index >= 15 is 0 Å². The fraction of sp³-hybridized carbons (Fsp3) is 0.0909. The van der Waals surface area contributed by atoms with Crippen molar-refractivity contribution in [3.8, 4) is 11.6 Å². The summed E-state index contributed by atoms with van der Waals surface area (Å²) in [6.45, 7) is -0.310. The van der Waals surface area contributed by atoms with Crippen LogP contribution in [0.1, 0.15) is 5.69 Å². The van der Waals surface area contributed by atoms with Crippen molar-refractivity contribution < 1.29 is 18.6 Å². The van der Waals surface area contributed by atoms with Crippen LogP contribution in [0, 0.1) is 11.6 Å². The molecule has 2 rings (SSSR count). The number of benzene rings is 1. The smallest absolute Gasteiger partial charge is 0.238 e. The maximum absolute atomic E-state index is 13.3. The molecule has 88 valence electrons. The molecule has 6 heteroatoms. The third-order valence-corrected chi connectivity index (χ3v) is 1.96. The van der Waals surface area contributed by atoms with Gasteiger partial charge in [0.1, 0.15) is 0 Å². The number of halogens is 2. The molecule has 0 saturated heterocycles. The normalized spacial score (nSPS) is 10.3. The highest BCUT2D eigenvalue weighted by Crippen LogP contribution is 2.24. The molecule has 1 aromatic carbocycles. The molecule has 0 saturated carbocycles. The topological polar surface area (TPSA) is 55.2 Å². The Balaban J connectivity index is 2.28. The third-order valence-electron chi connectivity index (χ3n) is 1.96. The lowest BCUT2D eigenvalue weighted by Gasteiger charge is -2.06. The van der Waals surface area contributed by atoms with Crippen molar-refractivity contribution in [3.05, 3.63) is 47.9 Å². The maximum atomic E-state index is 13.3. The first-order valence-electron chi connectivity index (χ1n) is 4.74. The lowest BCUT2D eigenvalue weighted by Crippen LogP contribution is -1.97. The second-order valence-electron chi connectivity index (χ2n) is 3.16. The molecular weight excluding hydrogens is 230 g/mol. The zero-order valence-corrected chi connectivity index (χ0v) is 8.60. The van der Waals surface area contributed by atoms with Crippen LogP contribution < -0.4 is 4.74 Å². The minimum absolute atomic E-state index is 0.0129. The molecule has 0 unspecified atom stereocenters. The Morgan fingerprint density at radius 1 is 1.24 bits per heavy atom. The summed E-state index contributed by atoms with van der Waals surface area (Å²) in [4.78, 5) is 7.57. The molecule has 0 aliphatic heterocycles. The molecule has 1 aromatic heterocycles. The number of ether oxygens (including phenoxy) is 1. The van der Waals surface area contributed by atoms with Crippen molar-refractivity contribution in [1.29, 1.82) is 0 Å². The van der Waals surface area contributed by atoms with Gasteiger partial charge in [-0.2, -0.15) is 4.39 Å². The molecule has 0 spiro atoms. The molecule has 0 aliphatic rings. The largest absolute Gasteiger partial charge is 0.434 e. The molecule has 0 bridgehead atoms. The van der Waals surface area contributed by atoms with Crippen LogP contribution in [0.25, 0.3) is 0 Å². The van der Waals surface area contributed by atoms with Crippen molar-refractivity contribution >= 4 is 0 Å². The Labute approximate surface area is 95.5 Å². The van der Waals surface area contributed by atoms with Crippen molar-refractivity contribution in [3.63, 3.8) is 0 Å². The van der Waals surface area contributed by atoms with Crippen LogP contribution in [0.5, 0.6) is 11.6 Å². The summed E-state index contributed by atoms with van der Waals surface area (Å²) >= 11 is 0. The van der Waals surface area contributed by atoms with Gasteiger partial charge < -0.3 is 9.84 Å². The molecule has 0 atom stereocenters. The van der Waals surface area contributed by atoms with E-state index in [1.54, 1.807) is 0 Å². The van der Waals surface area contributed by atoms with E-state index in [4.69, 9.17) is 9.84 Å². The molecule has 0 fully saturated rings. The Bertz CT molecular complexity index is 535. The van der Waals surface area contributed by atoms with Gasteiger partial charge in [-0.3, -0.25) is 4.98 Å². The van der Waals surface area contributed by atoms with E-state index in [0.717, 1.165) is 6.07 Å². The van der Waals surface area contributed by atoms with Crippen LogP contribution in [0.3, 0.4) is 0 Å². The Morgan fingerprint density at radius 3 is 2.82 bits per heavy atom. The summed E-state index contributed by atoms with van der Waals surface area (Å²) < 4.78 is 31.2. The van der Waals surface area contributed by atoms with Crippen LogP contribution in [-0.2, 0) is 6.61 Å².